The topological polar surface area (TPSA) is 54.5 Å². The van der Waals surface area contributed by atoms with Gasteiger partial charge in [0.2, 0.25) is 5.16 Å². The zero-order chi connectivity index (χ0) is 12.4. The van der Waals surface area contributed by atoms with Crippen molar-refractivity contribution in [2.75, 3.05) is 0 Å². The van der Waals surface area contributed by atoms with Crippen molar-refractivity contribution in [3.8, 4) is 11.5 Å². The average molecular weight is 260 g/mol. The molecule has 0 radical (unpaired) electrons. The molecule has 2 atom stereocenters. The lowest BCUT2D eigenvalue weighted by Crippen LogP contribution is -1.96. The molecule has 2 heterocycles. The van der Waals surface area contributed by atoms with Crippen LogP contribution < -0.4 is 0 Å². The molecule has 0 amide bonds. The Morgan fingerprint density at radius 2 is 2.28 bits per heavy atom. The van der Waals surface area contributed by atoms with E-state index in [1.807, 2.05) is 18.2 Å². The highest BCUT2D eigenvalue weighted by Crippen LogP contribution is 2.36. The number of H-pyrrole nitrogens is 1. The van der Waals surface area contributed by atoms with Gasteiger partial charge in [-0.05, 0) is 37.3 Å². The van der Waals surface area contributed by atoms with Crippen LogP contribution >= 0.6 is 11.8 Å². The van der Waals surface area contributed by atoms with E-state index >= 15 is 0 Å². The van der Waals surface area contributed by atoms with Gasteiger partial charge in [-0.2, -0.15) is 4.98 Å². The summed E-state index contributed by atoms with van der Waals surface area (Å²) in [4.78, 5) is 8.77. The number of aromatic nitrogens is 4. The first-order valence-electron chi connectivity index (χ1n) is 6.32. The number of pyridine rings is 1. The summed E-state index contributed by atoms with van der Waals surface area (Å²) in [6.07, 6.45) is 5.65. The summed E-state index contributed by atoms with van der Waals surface area (Å²) >= 11 is 1.79. The molecule has 2 unspecified atom stereocenters. The fourth-order valence-electron chi connectivity index (χ4n) is 2.33. The molecule has 18 heavy (non-hydrogen) atoms. The first-order chi connectivity index (χ1) is 8.81. The SMILES string of the molecule is CC1CCC(Sc2n[nH]c(-c3ccccn3)n2)C1. The van der Waals surface area contributed by atoms with Crippen LogP contribution in [0.5, 0.6) is 0 Å². The van der Waals surface area contributed by atoms with Crippen molar-refractivity contribution in [2.24, 2.45) is 5.92 Å². The van der Waals surface area contributed by atoms with Gasteiger partial charge in [-0.15, -0.1) is 5.10 Å². The Bertz CT molecular complexity index is 511. The van der Waals surface area contributed by atoms with E-state index in [4.69, 9.17) is 0 Å². The van der Waals surface area contributed by atoms with Crippen LogP contribution in [0.25, 0.3) is 11.5 Å². The highest BCUT2D eigenvalue weighted by molar-refractivity contribution is 7.99. The third kappa shape index (κ3) is 2.56. The summed E-state index contributed by atoms with van der Waals surface area (Å²) in [5.41, 5.74) is 0.844. The second-order valence-corrected chi connectivity index (χ2v) is 6.11. The summed E-state index contributed by atoms with van der Waals surface area (Å²) in [6, 6.07) is 5.79. The lowest BCUT2D eigenvalue weighted by Gasteiger charge is -2.04. The first-order valence-corrected chi connectivity index (χ1v) is 7.19. The van der Waals surface area contributed by atoms with Crippen LogP contribution in [-0.2, 0) is 0 Å². The maximum absolute atomic E-state index is 4.50. The van der Waals surface area contributed by atoms with Gasteiger partial charge in [0, 0.05) is 11.4 Å². The standard InChI is InChI=1S/C13H16N4S/c1-9-5-6-10(8-9)18-13-15-12(16-17-13)11-4-2-3-7-14-11/h2-4,7,9-10H,5-6,8H2,1H3,(H,15,16,17). The number of nitrogens with zero attached hydrogens (tertiary/aromatic N) is 3. The van der Waals surface area contributed by atoms with Gasteiger partial charge in [0.1, 0.15) is 5.69 Å². The van der Waals surface area contributed by atoms with Crippen LogP contribution in [-0.4, -0.2) is 25.4 Å². The van der Waals surface area contributed by atoms with Crippen LogP contribution in [0.1, 0.15) is 26.2 Å². The van der Waals surface area contributed by atoms with Gasteiger partial charge < -0.3 is 0 Å². The van der Waals surface area contributed by atoms with E-state index in [9.17, 15) is 0 Å². The van der Waals surface area contributed by atoms with Crippen LogP contribution in [0, 0.1) is 5.92 Å². The minimum absolute atomic E-state index is 0.674. The van der Waals surface area contributed by atoms with Gasteiger partial charge in [-0.25, -0.2) is 0 Å². The molecule has 4 nitrogen and oxygen atoms in total. The number of hydrogen-bond donors (Lipinski definition) is 1. The molecule has 0 saturated heterocycles. The molecular formula is C13H16N4S. The monoisotopic (exact) mass is 260 g/mol. The van der Waals surface area contributed by atoms with Crippen LogP contribution in [0.2, 0.25) is 0 Å². The number of thioether (sulfide) groups is 1. The van der Waals surface area contributed by atoms with Gasteiger partial charge >= 0.3 is 0 Å². The summed E-state index contributed by atoms with van der Waals surface area (Å²) in [7, 11) is 0. The van der Waals surface area contributed by atoms with Gasteiger partial charge in [0.25, 0.3) is 0 Å². The predicted molar refractivity (Wildman–Crippen MR) is 72.3 cm³/mol. The van der Waals surface area contributed by atoms with Crippen LogP contribution in [0.3, 0.4) is 0 Å². The molecule has 2 aromatic heterocycles. The lowest BCUT2D eigenvalue weighted by molar-refractivity contribution is 0.613. The molecule has 0 aliphatic heterocycles. The van der Waals surface area contributed by atoms with Crippen LogP contribution in [0.15, 0.2) is 29.6 Å². The molecule has 1 aliphatic carbocycles. The summed E-state index contributed by atoms with van der Waals surface area (Å²) in [5, 5.41) is 8.75. The third-order valence-electron chi connectivity index (χ3n) is 3.29. The molecular weight excluding hydrogens is 244 g/mol. The van der Waals surface area contributed by atoms with Crippen molar-refractivity contribution in [3.05, 3.63) is 24.4 Å². The summed E-state index contributed by atoms with van der Waals surface area (Å²) in [5.74, 6) is 1.60. The number of nitrogens with one attached hydrogen (secondary N) is 1. The molecule has 0 spiro atoms. The summed E-state index contributed by atoms with van der Waals surface area (Å²) in [6.45, 7) is 2.32. The second-order valence-electron chi connectivity index (χ2n) is 4.84. The third-order valence-corrected chi connectivity index (χ3v) is 4.45. The smallest absolute Gasteiger partial charge is 0.209 e. The van der Waals surface area contributed by atoms with Crippen molar-refractivity contribution >= 4 is 11.8 Å². The van der Waals surface area contributed by atoms with Crippen molar-refractivity contribution in [2.45, 2.75) is 36.6 Å². The van der Waals surface area contributed by atoms with Crippen molar-refractivity contribution in [1.29, 1.82) is 0 Å². The Morgan fingerprint density at radius 3 is 3.00 bits per heavy atom. The maximum Gasteiger partial charge on any atom is 0.209 e. The Kier molecular flexibility index (Phi) is 3.32. The van der Waals surface area contributed by atoms with E-state index in [1.54, 1.807) is 18.0 Å². The average Bonchev–Trinajstić information content (AvgIpc) is 3.01. The molecule has 1 N–H and O–H groups in total. The lowest BCUT2D eigenvalue weighted by atomic mass is 10.1. The summed E-state index contributed by atoms with van der Waals surface area (Å²) < 4.78 is 0. The molecule has 1 fully saturated rings. The van der Waals surface area contributed by atoms with Gasteiger partial charge in [-0.1, -0.05) is 24.8 Å². The Balaban J connectivity index is 1.70. The van der Waals surface area contributed by atoms with E-state index in [0.717, 1.165) is 22.6 Å². The Labute approximate surface area is 111 Å². The van der Waals surface area contributed by atoms with E-state index in [0.29, 0.717) is 5.25 Å². The molecule has 1 aliphatic rings. The van der Waals surface area contributed by atoms with Gasteiger partial charge in [-0.3, -0.25) is 10.1 Å². The normalized spacial score (nSPS) is 23.4. The zero-order valence-electron chi connectivity index (χ0n) is 10.3. The highest BCUT2D eigenvalue weighted by Gasteiger charge is 2.23. The molecule has 1 saturated carbocycles. The zero-order valence-corrected chi connectivity index (χ0v) is 11.2. The molecule has 0 bridgehead atoms. The number of hydrogen-bond acceptors (Lipinski definition) is 4. The second kappa shape index (κ2) is 5.10. The van der Waals surface area contributed by atoms with Crippen molar-refractivity contribution < 1.29 is 0 Å². The van der Waals surface area contributed by atoms with Crippen molar-refractivity contribution in [1.82, 2.24) is 20.2 Å². The van der Waals surface area contributed by atoms with Gasteiger partial charge in [0.05, 0.1) is 0 Å². The molecule has 3 rings (SSSR count). The molecule has 94 valence electrons. The van der Waals surface area contributed by atoms with E-state index in [2.05, 4.69) is 27.1 Å². The maximum atomic E-state index is 4.50. The van der Waals surface area contributed by atoms with E-state index in [1.165, 1.54) is 19.3 Å². The Hall–Kier alpha value is -1.36. The minimum Gasteiger partial charge on any atom is -0.257 e. The van der Waals surface area contributed by atoms with Crippen LogP contribution in [0.4, 0.5) is 0 Å². The fraction of sp³-hybridized carbons (Fsp3) is 0.462. The number of rotatable bonds is 3. The minimum atomic E-state index is 0.674. The predicted octanol–water partition coefficient (Wildman–Crippen LogP) is 3.15. The fourth-order valence-corrected chi connectivity index (χ4v) is 3.55. The van der Waals surface area contributed by atoms with E-state index < -0.39 is 0 Å². The van der Waals surface area contributed by atoms with Crippen molar-refractivity contribution in [3.63, 3.8) is 0 Å². The quantitative estimate of drug-likeness (QED) is 0.921. The molecule has 2 aromatic rings. The largest absolute Gasteiger partial charge is 0.257 e. The number of aromatic amines is 1. The van der Waals surface area contributed by atoms with E-state index in [-0.39, 0.29) is 0 Å². The molecule has 5 heteroatoms. The first kappa shape index (κ1) is 11.7. The van der Waals surface area contributed by atoms with Gasteiger partial charge in [0.15, 0.2) is 5.82 Å². The Morgan fingerprint density at radius 1 is 1.33 bits per heavy atom. The molecule has 0 aromatic carbocycles. The highest BCUT2D eigenvalue weighted by atomic mass is 32.2.